The molecule has 1 fully saturated rings. The summed E-state index contributed by atoms with van der Waals surface area (Å²) in [6, 6.07) is -0.367. The van der Waals surface area contributed by atoms with Crippen LogP contribution in [0.25, 0.3) is 0 Å². The molecule has 3 aliphatic rings. The van der Waals surface area contributed by atoms with Crippen molar-refractivity contribution in [1.82, 2.24) is 10.6 Å². The molecule has 0 radical (unpaired) electrons. The van der Waals surface area contributed by atoms with Gasteiger partial charge in [-0.05, 0) is 18.6 Å². The average molecular weight is 496 g/mol. The van der Waals surface area contributed by atoms with Crippen LogP contribution in [0.5, 0.6) is 0 Å². The first-order valence-corrected chi connectivity index (χ1v) is 10.1. The number of carbonyl (C=O) groups excluding carboxylic acids is 1. The lowest BCUT2D eigenvalue weighted by atomic mass is 9.85. The lowest BCUT2D eigenvalue weighted by Crippen LogP contribution is -2.78. The van der Waals surface area contributed by atoms with E-state index in [1.54, 1.807) is 6.92 Å². The highest BCUT2D eigenvalue weighted by molar-refractivity contribution is 6.31. The van der Waals surface area contributed by atoms with Gasteiger partial charge in [0.15, 0.2) is 17.9 Å². The van der Waals surface area contributed by atoms with Gasteiger partial charge in [-0.1, -0.05) is 18.5 Å². The fraction of sp³-hybridized carbons (Fsp3) is 0.500. The summed E-state index contributed by atoms with van der Waals surface area (Å²) in [4.78, 5) is 16.9. The first kappa shape index (κ1) is 23.3. The second-order valence-corrected chi connectivity index (χ2v) is 8.31. The Morgan fingerprint density at radius 2 is 2.06 bits per heavy atom. The van der Waals surface area contributed by atoms with Gasteiger partial charge in [0.25, 0.3) is 5.79 Å². The molecule has 1 aromatic carbocycles. The molecule has 0 unspecified atom stereocenters. The van der Waals surface area contributed by atoms with E-state index < -0.39 is 70.3 Å². The molecule has 0 aromatic heterocycles. The Morgan fingerprint density at radius 1 is 1.39 bits per heavy atom. The maximum atomic E-state index is 14.5. The molecule has 1 aromatic rings. The molecule has 0 aliphatic carbocycles. The van der Waals surface area contributed by atoms with E-state index in [1.165, 1.54) is 4.58 Å². The van der Waals surface area contributed by atoms with Crippen LogP contribution in [0, 0.1) is 5.82 Å². The highest BCUT2D eigenvalue weighted by Gasteiger charge is 2.75. The normalized spacial score (nSPS) is 30.2. The summed E-state index contributed by atoms with van der Waals surface area (Å²) in [6.45, 7) is 1.30. The fourth-order valence-corrected chi connectivity index (χ4v) is 4.76. The SMILES string of the molecule is CC[C@@H]1NC(N)=[N+]2C[C@H](OC(=O)c3c(C(F)(F)F)ccc(Cl)c3F)C(O)(O)[C@@]23NC(N)=N[C@@H]13. The van der Waals surface area contributed by atoms with Gasteiger partial charge in [-0.25, -0.2) is 18.8 Å². The zero-order chi connectivity index (χ0) is 24.5. The van der Waals surface area contributed by atoms with Crippen LogP contribution in [-0.2, 0) is 10.9 Å². The Hall–Kier alpha value is -2.84. The van der Waals surface area contributed by atoms with Gasteiger partial charge in [0.2, 0.25) is 5.66 Å². The summed E-state index contributed by atoms with van der Waals surface area (Å²) in [7, 11) is 0. The molecule has 4 rings (SSSR count). The summed E-state index contributed by atoms with van der Waals surface area (Å²) >= 11 is 5.57. The molecule has 15 heteroatoms. The summed E-state index contributed by atoms with van der Waals surface area (Å²) in [5.41, 5.74) is 6.82. The molecular formula is C18H20ClF4N6O4+. The average Bonchev–Trinajstić information content (AvgIpc) is 3.17. The number of nitrogens with two attached hydrogens (primary N) is 2. The van der Waals surface area contributed by atoms with E-state index in [1.807, 2.05) is 0 Å². The van der Waals surface area contributed by atoms with E-state index >= 15 is 0 Å². The molecule has 1 spiro atoms. The van der Waals surface area contributed by atoms with E-state index in [2.05, 4.69) is 15.6 Å². The van der Waals surface area contributed by atoms with Crippen molar-refractivity contribution in [3.05, 3.63) is 34.1 Å². The highest BCUT2D eigenvalue weighted by atomic mass is 35.5. The molecule has 3 heterocycles. The van der Waals surface area contributed by atoms with Gasteiger partial charge in [-0.2, -0.15) is 13.2 Å². The smallest absolute Gasteiger partial charge is 0.417 e. The van der Waals surface area contributed by atoms with Gasteiger partial charge in [0.1, 0.15) is 24.2 Å². The number of carbonyl (C=O) groups is 1. The number of aliphatic imine (C=N–C) groups is 1. The van der Waals surface area contributed by atoms with Crippen LogP contribution in [-0.4, -0.2) is 68.9 Å². The molecule has 1 saturated heterocycles. The number of rotatable bonds is 3. The van der Waals surface area contributed by atoms with Crippen LogP contribution in [0.3, 0.4) is 0 Å². The third kappa shape index (κ3) is 3.19. The van der Waals surface area contributed by atoms with Gasteiger partial charge in [-0.15, -0.1) is 0 Å². The Balaban J connectivity index is 1.75. The van der Waals surface area contributed by atoms with E-state index in [-0.39, 0.29) is 11.9 Å². The zero-order valence-electron chi connectivity index (χ0n) is 17.0. The van der Waals surface area contributed by atoms with Gasteiger partial charge in [0.05, 0.1) is 10.6 Å². The van der Waals surface area contributed by atoms with Crippen molar-refractivity contribution >= 4 is 29.5 Å². The number of esters is 1. The fourth-order valence-electron chi connectivity index (χ4n) is 4.60. The van der Waals surface area contributed by atoms with Gasteiger partial charge < -0.3 is 26.0 Å². The van der Waals surface area contributed by atoms with Crippen molar-refractivity contribution < 1.29 is 41.9 Å². The van der Waals surface area contributed by atoms with Crippen LogP contribution in [0.1, 0.15) is 29.3 Å². The number of guanidine groups is 2. The first-order chi connectivity index (χ1) is 15.3. The minimum Gasteiger partial charge on any atom is -0.449 e. The van der Waals surface area contributed by atoms with Crippen LogP contribution in [0.2, 0.25) is 5.02 Å². The molecule has 0 bridgehead atoms. The number of ether oxygens (including phenoxy) is 1. The molecule has 0 saturated carbocycles. The molecule has 8 N–H and O–H groups in total. The Bertz CT molecular complexity index is 1090. The van der Waals surface area contributed by atoms with E-state index in [0.29, 0.717) is 18.6 Å². The standard InChI is InChI=1S/C18H19ClF4N6O4/c1-2-8-12-16(28-14(24)27-12)17(31,32)9(5-29(16)15(25)26-8)33-13(30)10-6(18(21,22)23)3-4-7(19)11(10)20/h3-4,8-9,12,31-32H,2,5H2,1H3,(H5,24,25,26,27,28)/p+1/t8-,9-,12-,16-/m0/s1. The maximum absolute atomic E-state index is 14.5. The van der Waals surface area contributed by atoms with E-state index in [9.17, 15) is 32.6 Å². The topological polar surface area (TPSA) is 158 Å². The van der Waals surface area contributed by atoms with Crippen molar-refractivity contribution in [3.8, 4) is 0 Å². The van der Waals surface area contributed by atoms with Gasteiger partial charge in [0, 0.05) is 0 Å². The monoisotopic (exact) mass is 495 g/mol. The van der Waals surface area contributed by atoms with Crippen molar-refractivity contribution in [2.75, 3.05) is 6.54 Å². The molecule has 180 valence electrons. The van der Waals surface area contributed by atoms with Crippen LogP contribution in [0.15, 0.2) is 17.1 Å². The quantitative estimate of drug-likeness (QED) is 0.140. The molecule has 4 atom stereocenters. The lowest BCUT2D eigenvalue weighted by Gasteiger charge is -2.43. The first-order valence-electron chi connectivity index (χ1n) is 9.74. The van der Waals surface area contributed by atoms with Crippen LogP contribution in [0.4, 0.5) is 17.6 Å². The second kappa shape index (κ2) is 7.33. The minimum atomic E-state index is -5.11. The Morgan fingerprint density at radius 3 is 2.67 bits per heavy atom. The van der Waals surface area contributed by atoms with Crippen molar-refractivity contribution in [3.63, 3.8) is 0 Å². The van der Waals surface area contributed by atoms with Gasteiger partial charge >= 0.3 is 18.1 Å². The largest absolute Gasteiger partial charge is 0.449 e. The third-order valence-corrected chi connectivity index (χ3v) is 6.40. The third-order valence-electron chi connectivity index (χ3n) is 6.11. The summed E-state index contributed by atoms with van der Waals surface area (Å²) in [5, 5.41) is 27.1. The number of nitrogens with zero attached hydrogens (tertiary/aromatic N) is 2. The number of halogens is 5. The second-order valence-electron chi connectivity index (χ2n) is 7.91. The maximum Gasteiger partial charge on any atom is 0.417 e. The van der Waals surface area contributed by atoms with E-state index in [4.69, 9.17) is 27.8 Å². The number of hydrogen-bond donors (Lipinski definition) is 6. The predicted molar refractivity (Wildman–Crippen MR) is 106 cm³/mol. The Kier molecular flexibility index (Phi) is 5.18. The number of aliphatic hydroxyl groups is 2. The predicted octanol–water partition coefficient (Wildman–Crippen LogP) is -0.590. The number of benzene rings is 1. The van der Waals surface area contributed by atoms with Crippen molar-refractivity contribution in [2.45, 2.75) is 49.2 Å². The van der Waals surface area contributed by atoms with Crippen LogP contribution >= 0.6 is 11.6 Å². The number of alkyl halides is 3. The van der Waals surface area contributed by atoms with Crippen LogP contribution < -0.4 is 22.1 Å². The molecule has 3 aliphatic heterocycles. The number of nitrogens with one attached hydrogen (secondary N) is 2. The Labute approximate surface area is 188 Å². The summed E-state index contributed by atoms with van der Waals surface area (Å²) in [6.07, 6.45) is -6.56. The van der Waals surface area contributed by atoms with Gasteiger partial charge in [-0.3, -0.25) is 11.1 Å². The summed E-state index contributed by atoms with van der Waals surface area (Å²) < 4.78 is 60.9. The molecular weight excluding hydrogens is 476 g/mol. The van der Waals surface area contributed by atoms with Crippen molar-refractivity contribution in [2.24, 2.45) is 16.5 Å². The molecule has 33 heavy (non-hydrogen) atoms. The lowest BCUT2D eigenvalue weighted by molar-refractivity contribution is -0.623. The van der Waals surface area contributed by atoms with E-state index in [0.717, 1.165) is 0 Å². The van der Waals surface area contributed by atoms with Crippen molar-refractivity contribution in [1.29, 1.82) is 0 Å². The highest BCUT2D eigenvalue weighted by Crippen LogP contribution is 2.43. The summed E-state index contributed by atoms with van der Waals surface area (Å²) in [5.74, 6) is -6.59. The number of hydrogen-bond acceptors (Lipinski definition) is 9. The molecule has 0 amide bonds. The minimum absolute atomic E-state index is 0.0357. The molecule has 10 nitrogen and oxygen atoms in total. The zero-order valence-corrected chi connectivity index (χ0v) is 17.7.